The third kappa shape index (κ3) is 4.43. The maximum absolute atomic E-state index is 12.5. The molecule has 1 aromatic heterocycles. The van der Waals surface area contributed by atoms with Gasteiger partial charge in [0, 0.05) is 25.4 Å². The van der Waals surface area contributed by atoms with Crippen molar-refractivity contribution in [1.82, 2.24) is 14.8 Å². The summed E-state index contributed by atoms with van der Waals surface area (Å²) in [7, 11) is 1.77. The Hall–Kier alpha value is -1.92. The number of nitrogens with one attached hydrogen (secondary N) is 1. The Labute approximate surface area is 159 Å². The van der Waals surface area contributed by atoms with Gasteiger partial charge in [0.25, 0.3) is 5.91 Å². The molecule has 140 valence electrons. The van der Waals surface area contributed by atoms with Crippen molar-refractivity contribution in [3.05, 3.63) is 35.1 Å². The largest absolute Gasteiger partial charge is 0.352 e. The third-order valence-corrected chi connectivity index (χ3v) is 6.02. The lowest BCUT2D eigenvalue weighted by atomic mass is 10.2. The Balaban J connectivity index is 1.58. The van der Waals surface area contributed by atoms with Gasteiger partial charge in [-0.05, 0) is 57.1 Å². The molecule has 0 spiro atoms. The van der Waals surface area contributed by atoms with E-state index in [1.54, 1.807) is 24.6 Å². The number of carbonyl (C=O) groups excluding carboxylic acids is 1. The van der Waals surface area contributed by atoms with Gasteiger partial charge in [0.05, 0.1) is 10.2 Å². The van der Waals surface area contributed by atoms with Crippen LogP contribution >= 0.6 is 11.3 Å². The fourth-order valence-corrected chi connectivity index (χ4v) is 4.44. The number of aromatic nitrogens is 1. The highest BCUT2D eigenvalue weighted by Gasteiger charge is 2.11. The highest BCUT2D eigenvalue weighted by molar-refractivity contribution is 7.16. The number of benzene rings is 1. The average molecular weight is 373 g/mol. The number of likely N-dealkylation sites (tertiary alicyclic amines) is 1. The predicted octanol–water partition coefficient (Wildman–Crippen LogP) is 3.33. The van der Waals surface area contributed by atoms with Crippen molar-refractivity contribution in [2.75, 3.05) is 33.2 Å². The van der Waals surface area contributed by atoms with E-state index in [9.17, 15) is 4.79 Å². The molecule has 0 bridgehead atoms. The maximum atomic E-state index is 12.5. The van der Waals surface area contributed by atoms with E-state index in [2.05, 4.69) is 21.8 Å². The van der Waals surface area contributed by atoms with Gasteiger partial charge in [-0.25, -0.2) is 0 Å². The van der Waals surface area contributed by atoms with Crippen molar-refractivity contribution in [2.45, 2.75) is 32.1 Å². The molecular formula is C20H28N4OS. The summed E-state index contributed by atoms with van der Waals surface area (Å²) in [6.45, 7) is 8.05. The first kappa shape index (κ1) is 18.9. The summed E-state index contributed by atoms with van der Waals surface area (Å²) < 4.78 is 3.03. The minimum absolute atomic E-state index is 0.0143. The van der Waals surface area contributed by atoms with Crippen LogP contribution in [0.5, 0.6) is 0 Å². The molecule has 0 unspecified atom stereocenters. The second-order valence-corrected chi connectivity index (χ2v) is 7.72. The standard InChI is InChI=1S/C20H28N4OS/c1-3-24-17-15-16(9-10-18(17)26-20(24)21-2)19(25)22-11-8-14-23-12-6-4-5-7-13-23/h3,9-10,15H,1,4-8,11-14H2,2H3,(H,22,25). The number of amides is 1. The van der Waals surface area contributed by atoms with Gasteiger partial charge >= 0.3 is 0 Å². The molecule has 0 atom stereocenters. The average Bonchev–Trinajstić information content (AvgIpc) is 2.82. The lowest BCUT2D eigenvalue weighted by Crippen LogP contribution is -2.30. The molecule has 1 N–H and O–H groups in total. The van der Waals surface area contributed by atoms with E-state index in [0.717, 1.165) is 28.0 Å². The number of rotatable bonds is 6. The van der Waals surface area contributed by atoms with Gasteiger partial charge in [0.2, 0.25) is 0 Å². The van der Waals surface area contributed by atoms with E-state index in [-0.39, 0.29) is 5.91 Å². The van der Waals surface area contributed by atoms with E-state index in [0.29, 0.717) is 12.1 Å². The number of hydrogen-bond donors (Lipinski definition) is 1. The van der Waals surface area contributed by atoms with Crippen LogP contribution in [0.2, 0.25) is 0 Å². The Kier molecular flexibility index (Phi) is 6.63. The van der Waals surface area contributed by atoms with Crippen molar-refractivity contribution in [1.29, 1.82) is 0 Å². The normalized spacial score (nSPS) is 16.6. The Morgan fingerprint density at radius 1 is 1.31 bits per heavy atom. The third-order valence-electron chi connectivity index (χ3n) is 4.90. The second kappa shape index (κ2) is 9.14. The van der Waals surface area contributed by atoms with Gasteiger partial charge in [0.1, 0.15) is 0 Å². The van der Waals surface area contributed by atoms with Gasteiger partial charge in [-0.15, -0.1) is 0 Å². The number of fused-ring (bicyclic) bond motifs is 1. The lowest BCUT2D eigenvalue weighted by molar-refractivity contribution is 0.0952. The van der Waals surface area contributed by atoms with Crippen molar-refractivity contribution in [2.24, 2.45) is 4.99 Å². The summed E-state index contributed by atoms with van der Waals surface area (Å²) in [5.74, 6) is -0.0143. The van der Waals surface area contributed by atoms with Crippen LogP contribution in [-0.4, -0.2) is 48.6 Å². The van der Waals surface area contributed by atoms with Crippen LogP contribution in [0.3, 0.4) is 0 Å². The SMILES string of the molecule is C=Cn1c(=NC)sc2ccc(C(=O)NCCCN3CCCCCC3)cc21. The summed E-state index contributed by atoms with van der Waals surface area (Å²) in [5.41, 5.74) is 1.66. The van der Waals surface area contributed by atoms with Crippen LogP contribution in [0.1, 0.15) is 42.5 Å². The minimum atomic E-state index is -0.0143. The quantitative estimate of drug-likeness (QED) is 0.791. The first-order valence-electron chi connectivity index (χ1n) is 9.44. The highest BCUT2D eigenvalue weighted by atomic mass is 32.1. The zero-order chi connectivity index (χ0) is 18.4. The number of carbonyl (C=O) groups is 1. The van der Waals surface area contributed by atoms with E-state index in [4.69, 9.17) is 0 Å². The molecule has 3 rings (SSSR count). The van der Waals surface area contributed by atoms with Gasteiger partial charge in [-0.3, -0.25) is 14.4 Å². The molecule has 1 fully saturated rings. The second-order valence-electron chi connectivity index (χ2n) is 6.71. The first-order chi connectivity index (χ1) is 12.7. The summed E-state index contributed by atoms with van der Waals surface area (Å²) in [6, 6.07) is 5.79. The fraction of sp³-hybridized carbons (Fsp3) is 0.500. The molecule has 0 aliphatic carbocycles. The van der Waals surface area contributed by atoms with Crippen molar-refractivity contribution in [3.8, 4) is 0 Å². The van der Waals surface area contributed by atoms with E-state index < -0.39 is 0 Å². The molecule has 0 radical (unpaired) electrons. The predicted molar refractivity (Wildman–Crippen MR) is 110 cm³/mol. The van der Waals surface area contributed by atoms with E-state index in [1.807, 2.05) is 22.8 Å². The van der Waals surface area contributed by atoms with Crippen LogP contribution < -0.4 is 10.1 Å². The first-order valence-corrected chi connectivity index (χ1v) is 10.3. The van der Waals surface area contributed by atoms with Gasteiger partial charge in [-0.2, -0.15) is 0 Å². The van der Waals surface area contributed by atoms with Crippen LogP contribution in [0.15, 0.2) is 29.8 Å². The van der Waals surface area contributed by atoms with Gasteiger partial charge in [0.15, 0.2) is 4.80 Å². The zero-order valence-corrected chi connectivity index (χ0v) is 16.4. The van der Waals surface area contributed by atoms with Gasteiger partial charge < -0.3 is 10.2 Å². The molecule has 1 amide bonds. The highest BCUT2D eigenvalue weighted by Crippen LogP contribution is 2.19. The summed E-state index contributed by atoms with van der Waals surface area (Å²) in [6.07, 6.45) is 8.07. The minimum Gasteiger partial charge on any atom is -0.352 e. The van der Waals surface area contributed by atoms with Crippen molar-refractivity contribution in [3.63, 3.8) is 0 Å². The summed E-state index contributed by atoms with van der Waals surface area (Å²) in [5, 5.41) is 3.06. The number of thiazole rings is 1. The molecule has 1 aliphatic heterocycles. The Morgan fingerprint density at radius 2 is 2.08 bits per heavy atom. The summed E-state index contributed by atoms with van der Waals surface area (Å²) in [4.78, 5) is 20.2. The van der Waals surface area contributed by atoms with Crippen molar-refractivity contribution < 1.29 is 4.79 Å². The zero-order valence-electron chi connectivity index (χ0n) is 15.5. The Morgan fingerprint density at radius 3 is 2.77 bits per heavy atom. The molecule has 1 aromatic carbocycles. The molecule has 1 aliphatic rings. The molecule has 0 saturated carbocycles. The molecule has 1 saturated heterocycles. The van der Waals surface area contributed by atoms with Crippen molar-refractivity contribution >= 4 is 33.7 Å². The Bertz CT molecular complexity index is 828. The van der Waals surface area contributed by atoms with Crippen LogP contribution in [0.25, 0.3) is 16.4 Å². The van der Waals surface area contributed by atoms with Gasteiger partial charge in [-0.1, -0.05) is 30.8 Å². The number of nitrogens with zero attached hydrogens (tertiary/aromatic N) is 3. The molecule has 6 heteroatoms. The van der Waals surface area contributed by atoms with Crippen LogP contribution in [0, 0.1) is 0 Å². The topological polar surface area (TPSA) is 49.6 Å². The van der Waals surface area contributed by atoms with Crippen LogP contribution in [0.4, 0.5) is 0 Å². The van der Waals surface area contributed by atoms with E-state index >= 15 is 0 Å². The molecule has 26 heavy (non-hydrogen) atoms. The maximum Gasteiger partial charge on any atom is 0.251 e. The monoisotopic (exact) mass is 372 g/mol. The smallest absolute Gasteiger partial charge is 0.251 e. The molecule has 5 nitrogen and oxygen atoms in total. The summed E-state index contributed by atoms with van der Waals surface area (Å²) >= 11 is 1.60. The molecule has 2 aromatic rings. The molecule has 2 heterocycles. The van der Waals surface area contributed by atoms with E-state index in [1.165, 1.54) is 38.8 Å². The molecular weight excluding hydrogens is 344 g/mol. The van der Waals surface area contributed by atoms with Crippen LogP contribution in [-0.2, 0) is 0 Å². The fourth-order valence-electron chi connectivity index (χ4n) is 3.48. The lowest BCUT2D eigenvalue weighted by Gasteiger charge is -2.19. The number of hydrogen-bond acceptors (Lipinski definition) is 4.